The van der Waals surface area contributed by atoms with E-state index in [1.165, 1.54) is 11.1 Å². The first-order chi connectivity index (χ1) is 16.5. The largest absolute Gasteiger partial charge is 0.497 e. The fourth-order valence-corrected chi connectivity index (χ4v) is 5.03. The van der Waals surface area contributed by atoms with Gasteiger partial charge in [-0.05, 0) is 105 Å². The molecule has 172 valence electrons. The lowest BCUT2D eigenvalue weighted by molar-refractivity contribution is 0.414. The lowest BCUT2D eigenvalue weighted by atomic mass is 10.00. The number of aromatic nitrogens is 2. The molecule has 2 aromatic carbocycles. The molecular formula is C28H28N4OS. The van der Waals surface area contributed by atoms with E-state index < -0.39 is 0 Å². The van der Waals surface area contributed by atoms with Gasteiger partial charge in [-0.1, -0.05) is 12.1 Å². The van der Waals surface area contributed by atoms with Crippen LogP contribution >= 0.6 is 12.2 Å². The average molecular weight is 469 g/mol. The van der Waals surface area contributed by atoms with Crippen LogP contribution in [0, 0.1) is 20.8 Å². The normalized spacial score (nSPS) is 17.6. The zero-order valence-electron chi connectivity index (χ0n) is 19.8. The van der Waals surface area contributed by atoms with Crippen molar-refractivity contribution in [1.29, 1.82) is 0 Å². The maximum atomic E-state index is 5.91. The number of pyridine rings is 1. The maximum Gasteiger partial charge on any atom is 0.174 e. The smallest absolute Gasteiger partial charge is 0.174 e. The van der Waals surface area contributed by atoms with Gasteiger partial charge >= 0.3 is 0 Å². The van der Waals surface area contributed by atoms with Gasteiger partial charge in [0.1, 0.15) is 11.8 Å². The van der Waals surface area contributed by atoms with Crippen LogP contribution in [0.5, 0.6) is 5.75 Å². The van der Waals surface area contributed by atoms with Crippen molar-refractivity contribution in [3.63, 3.8) is 0 Å². The number of hydrogen-bond donors (Lipinski definition) is 1. The minimum atomic E-state index is -0.0957. The fraction of sp³-hybridized carbons (Fsp3) is 0.214. The van der Waals surface area contributed by atoms with Crippen LogP contribution in [0.4, 0.5) is 5.69 Å². The summed E-state index contributed by atoms with van der Waals surface area (Å²) in [6, 6.07) is 24.9. The quantitative estimate of drug-likeness (QED) is 0.365. The molecule has 0 saturated carbocycles. The van der Waals surface area contributed by atoms with Gasteiger partial charge in [-0.15, -0.1) is 0 Å². The predicted molar refractivity (Wildman–Crippen MR) is 141 cm³/mol. The topological polar surface area (TPSA) is 42.3 Å². The first-order valence-electron chi connectivity index (χ1n) is 11.4. The van der Waals surface area contributed by atoms with Crippen LogP contribution in [0.15, 0.2) is 79.0 Å². The Bertz CT molecular complexity index is 1330. The molecule has 1 fully saturated rings. The molecule has 1 N–H and O–H groups in total. The summed E-state index contributed by atoms with van der Waals surface area (Å²) in [5.41, 5.74) is 7.90. The van der Waals surface area contributed by atoms with Gasteiger partial charge in [0.05, 0.1) is 18.8 Å². The minimum absolute atomic E-state index is 0.0830. The van der Waals surface area contributed by atoms with Crippen molar-refractivity contribution in [2.75, 3.05) is 12.0 Å². The third kappa shape index (κ3) is 3.84. The average Bonchev–Trinajstić information content (AvgIpc) is 3.40. The monoisotopic (exact) mass is 468 g/mol. The van der Waals surface area contributed by atoms with Crippen LogP contribution < -0.4 is 15.0 Å². The van der Waals surface area contributed by atoms with Crippen LogP contribution in [0.2, 0.25) is 0 Å². The fourth-order valence-electron chi connectivity index (χ4n) is 4.68. The molecule has 1 aliphatic heterocycles. The molecular weight excluding hydrogens is 440 g/mol. The van der Waals surface area contributed by atoms with E-state index in [9.17, 15) is 0 Å². The van der Waals surface area contributed by atoms with Gasteiger partial charge in [-0.3, -0.25) is 4.98 Å². The summed E-state index contributed by atoms with van der Waals surface area (Å²) < 4.78 is 7.67. The Labute approximate surface area is 206 Å². The van der Waals surface area contributed by atoms with Crippen LogP contribution in [0.3, 0.4) is 0 Å². The molecule has 0 unspecified atom stereocenters. The van der Waals surface area contributed by atoms with Gasteiger partial charge in [0.15, 0.2) is 5.11 Å². The molecule has 5 rings (SSSR count). The van der Waals surface area contributed by atoms with E-state index in [4.69, 9.17) is 17.0 Å². The van der Waals surface area contributed by atoms with Crippen molar-refractivity contribution in [3.8, 4) is 11.4 Å². The van der Waals surface area contributed by atoms with Crippen LogP contribution in [0.25, 0.3) is 5.69 Å². The third-order valence-corrected chi connectivity index (χ3v) is 6.92. The van der Waals surface area contributed by atoms with Gasteiger partial charge in [-0.2, -0.15) is 0 Å². The summed E-state index contributed by atoms with van der Waals surface area (Å²) in [6.45, 7) is 6.40. The molecule has 5 nitrogen and oxygen atoms in total. The summed E-state index contributed by atoms with van der Waals surface area (Å²) >= 11 is 5.91. The first-order valence-corrected chi connectivity index (χ1v) is 11.8. The molecule has 2 atom stereocenters. The molecule has 1 saturated heterocycles. The van der Waals surface area contributed by atoms with E-state index in [2.05, 4.69) is 89.1 Å². The molecule has 2 aromatic heterocycles. The number of nitrogens with one attached hydrogen (secondary N) is 1. The van der Waals surface area contributed by atoms with Gasteiger partial charge in [-0.25, -0.2) is 0 Å². The molecule has 4 aromatic rings. The predicted octanol–water partition coefficient (Wildman–Crippen LogP) is 5.98. The SMILES string of the molecule is COc1ccc(-n2c(C)ccc2[C@H]2[C@@H](c3ccccn3)NC(=S)N2c2ccc(C)c(C)c2)cc1. The molecule has 0 spiro atoms. The van der Waals surface area contributed by atoms with Crippen molar-refractivity contribution in [1.82, 2.24) is 14.9 Å². The van der Waals surface area contributed by atoms with Crippen molar-refractivity contribution >= 4 is 23.0 Å². The van der Waals surface area contributed by atoms with Gasteiger partial charge in [0, 0.05) is 29.0 Å². The summed E-state index contributed by atoms with van der Waals surface area (Å²) in [6.07, 6.45) is 1.84. The molecule has 3 heterocycles. The lowest BCUT2D eigenvalue weighted by Crippen LogP contribution is -2.30. The van der Waals surface area contributed by atoms with Crippen molar-refractivity contribution < 1.29 is 4.74 Å². The van der Waals surface area contributed by atoms with E-state index in [1.807, 2.05) is 30.5 Å². The molecule has 0 bridgehead atoms. The van der Waals surface area contributed by atoms with Gasteiger partial charge < -0.3 is 19.5 Å². The molecule has 0 radical (unpaired) electrons. The van der Waals surface area contributed by atoms with E-state index in [0.29, 0.717) is 5.11 Å². The number of hydrogen-bond acceptors (Lipinski definition) is 3. The Kier molecular flexibility index (Phi) is 5.84. The van der Waals surface area contributed by atoms with E-state index in [-0.39, 0.29) is 12.1 Å². The number of rotatable bonds is 5. The first kappa shape index (κ1) is 22.2. The summed E-state index contributed by atoms with van der Waals surface area (Å²) in [5, 5.41) is 4.27. The number of ether oxygens (including phenoxy) is 1. The zero-order valence-corrected chi connectivity index (χ0v) is 20.6. The molecule has 1 aliphatic rings. The number of nitrogens with zero attached hydrogens (tertiary/aromatic N) is 3. The summed E-state index contributed by atoms with van der Waals surface area (Å²) in [4.78, 5) is 6.92. The maximum absolute atomic E-state index is 5.91. The second kappa shape index (κ2) is 8.95. The highest BCUT2D eigenvalue weighted by Gasteiger charge is 2.42. The van der Waals surface area contributed by atoms with E-state index in [1.54, 1.807) is 7.11 Å². The Morgan fingerprint density at radius 1 is 0.882 bits per heavy atom. The Balaban J connectivity index is 1.69. The number of thiocarbonyl (C=S) groups is 1. The van der Waals surface area contributed by atoms with E-state index in [0.717, 1.165) is 34.2 Å². The second-order valence-electron chi connectivity index (χ2n) is 8.70. The third-order valence-electron chi connectivity index (χ3n) is 6.61. The summed E-state index contributed by atoms with van der Waals surface area (Å²) in [7, 11) is 1.69. The number of methoxy groups -OCH3 is 1. The molecule has 0 amide bonds. The molecule has 0 aliphatic carbocycles. The minimum Gasteiger partial charge on any atom is -0.497 e. The second-order valence-corrected chi connectivity index (χ2v) is 9.08. The zero-order chi connectivity index (χ0) is 23.8. The number of aryl methyl sites for hydroxylation is 3. The Morgan fingerprint density at radius 2 is 1.65 bits per heavy atom. The van der Waals surface area contributed by atoms with E-state index >= 15 is 0 Å². The highest BCUT2D eigenvalue weighted by Crippen LogP contribution is 2.43. The highest BCUT2D eigenvalue weighted by molar-refractivity contribution is 7.80. The van der Waals surface area contributed by atoms with Crippen molar-refractivity contribution in [3.05, 3.63) is 107 Å². The standard InChI is InChI=1S/C28H28N4OS/c1-18-8-10-22(17-19(18)2)32-27(26(30-28(32)34)24-7-5-6-16-29-24)25-15-9-20(3)31(25)21-11-13-23(33-4)14-12-21/h5-17,26-27H,1-4H3,(H,30,34)/t26-,27+/m1/s1. The van der Waals surface area contributed by atoms with Crippen LogP contribution in [-0.2, 0) is 0 Å². The lowest BCUT2D eigenvalue weighted by Gasteiger charge is -2.29. The van der Waals surface area contributed by atoms with Gasteiger partial charge in [0.2, 0.25) is 0 Å². The van der Waals surface area contributed by atoms with Crippen molar-refractivity contribution in [2.24, 2.45) is 0 Å². The van der Waals surface area contributed by atoms with Crippen molar-refractivity contribution in [2.45, 2.75) is 32.9 Å². The summed E-state index contributed by atoms with van der Waals surface area (Å²) in [5.74, 6) is 0.835. The van der Waals surface area contributed by atoms with Gasteiger partial charge in [0.25, 0.3) is 0 Å². The number of benzene rings is 2. The Morgan fingerprint density at radius 3 is 2.32 bits per heavy atom. The highest BCUT2D eigenvalue weighted by atomic mass is 32.1. The Hall–Kier alpha value is -3.64. The van der Waals surface area contributed by atoms with Crippen LogP contribution in [0.1, 0.15) is 40.3 Å². The molecule has 34 heavy (non-hydrogen) atoms. The van der Waals surface area contributed by atoms with Crippen LogP contribution in [-0.4, -0.2) is 21.8 Å². The molecule has 6 heteroatoms. The number of anilines is 1.